The molecule has 2 rings (SSSR count). The number of urea groups is 1. The average molecular weight is 387 g/mol. The third-order valence-corrected chi connectivity index (χ3v) is 5.90. The number of halogens is 1. The highest BCUT2D eigenvalue weighted by Crippen LogP contribution is 2.18. The molecule has 144 valence electrons. The molecule has 1 aromatic rings. The van der Waals surface area contributed by atoms with Crippen LogP contribution in [0.2, 0.25) is 0 Å². The highest BCUT2D eigenvalue weighted by Gasteiger charge is 2.32. The molecular formula is C16H24FN4O4S+. The fraction of sp³-hybridized carbons (Fsp3) is 0.500. The van der Waals surface area contributed by atoms with E-state index in [4.69, 9.17) is 0 Å². The summed E-state index contributed by atoms with van der Waals surface area (Å²) in [5.41, 5.74) is 0. The number of amides is 3. The van der Waals surface area contributed by atoms with Crippen LogP contribution in [0.3, 0.4) is 0 Å². The maximum atomic E-state index is 13.8. The predicted molar refractivity (Wildman–Crippen MR) is 92.5 cm³/mol. The van der Waals surface area contributed by atoms with Gasteiger partial charge in [-0.05, 0) is 26.0 Å². The summed E-state index contributed by atoms with van der Waals surface area (Å²) in [7, 11) is -3.90. The molecule has 0 spiro atoms. The summed E-state index contributed by atoms with van der Waals surface area (Å²) >= 11 is 0. The van der Waals surface area contributed by atoms with E-state index in [0.717, 1.165) is 11.0 Å². The van der Waals surface area contributed by atoms with Crippen LogP contribution in [0.15, 0.2) is 29.2 Å². The topological polar surface area (TPSA) is 100 Å². The lowest BCUT2D eigenvalue weighted by atomic mass is 10.3. The van der Waals surface area contributed by atoms with Crippen LogP contribution in [0, 0.1) is 5.82 Å². The minimum atomic E-state index is -3.90. The van der Waals surface area contributed by atoms with Crippen molar-refractivity contribution < 1.29 is 27.3 Å². The Balaban J connectivity index is 1.88. The number of carbonyl (C=O) groups is 2. The molecule has 10 heteroatoms. The lowest BCUT2D eigenvalue weighted by molar-refractivity contribution is -0.895. The van der Waals surface area contributed by atoms with Gasteiger partial charge in [-0.25, -0.2) is 17.6 Å². The first-order valence-corrected chi connectivity index (χ1v) is 9.82. The average Bonchev–Trinajstić information content (AvgIpc) is 2.54. The van der Waals surface area contributed by atoms with Gasteiger partial charge in [-0.15, -0.1) is 0 Å². The molecule has 26 heavy (non-hydrogen) atoms. The van der Waals surface area contributed by atoms with Crippen molar-refractivity contribution in [2.24, 2.45) is 0 Å². The Bertz CT molecular complexity index is 761. The van der Waals surface area contributed by atoms with Crippen molar-refractivity contribution in [3.05, 3.63) is 30.1 Å². The van der Waals surface area contributed by atoms with E-state index >= 15 is 0 Å². The Hall–Kier alpha value is -2.04. The molecule has 1 heterocycles. The van der Waals surface area contributed by atoms with E-state index in [1.54, 1.807) is 13.8 Å². The highest BCUT2D eigenvalue weighted by atomic mass is 32.2. The minimum absolute atomic E-state index is 0.0686. The predicted octanol–water partition coefficient (Wildman–Crippen LogP) is -1.05. The van der Waals surface area contributed by atoms with Gasteiger partial charge in [0.1, 0.15) is 10.7 Å². The van der Waals surface area contributed by atoms with Gasteiger partial charge in [0.15, 0.2) is 6.54 Å². The second kappa shape index (κ2) is 8.56. The molecule has 0 aliphatic carbocycles. The van der Waals surface area contributed by atoms with E-state index in [-0.39, 0.29) is 30.6 Å². The molecule has 1 aliphatic rings. The van der Waals surface area contributed by atoms with Crippen LogP contribution in [-0.4, -0.2) is 63.4 Å². The van der Waals surface area contributed by atoms with Gasteiger partial charge in [0, 0.05) is 6.04 Å². The van der Waals surface area contributed by atoms with E-state index in [0.29, 0.717) is 13.1 Å². The number of benzene rings is 1. The van der Waals surface area contributed by atoms with Crippen LogP contribution in [0.4, 0.5) is 9.18 Å². The van der Waals surface area contributed by atoms with E-state index < -0.39 is 27.8 Å². The number of sulfonamides is 1. The largest absolute Gasteiger partial charge is 0.336 e. The fourth-order valence-electron chi connectivity index (χ4n) is 2.71. The molecule has 3 amide bonds. The SMILES string of the molecule is CC(C)NC(=O)NC(=O)C[NH+]1CCN(S(=O)(=O)c2ccccc2F)CC1. The Morgan fingerprint density at radius 2 is 1.85 bits per heavy atom. The molecule has 1 fully saturated rings. The number of nitrogens with zero attached hydrogens (tertiary/aromatic N) is 1. The second-order valence-corrected chi connectivity index (χ2v) is 8.34. The number of imide groups is 1. The first-order valence-electron chi connectivity index (χ1n) is 8.38. The maximum absolute atomic E-state index is 13.8. The van der Waals surface area contributed by atoms with E-state index in [1.807, 2.05) is 0 Å². The van der Waals surface area contributed by atoms with Gasteiger partial charge in [0.25, 0.3) is 5.91 Å². The van der Waals surface area contributed by atoms with Crippen LogP contribution >= 0.6 is 0 Å². The quantitative estimate of drug-likeness (QED) is 0.600. The number of hydrogen-bond acceptors (Lipinski definition) is 4. The van der Waals surface area contributed by atoms with E-state index in [9.17, 15) is 22.4 Å². The molecule has 0 atom stereocenters. The van der Waals surface area contributed by atoms with Crippen molar-refractivity contribution in [3.63, 3.8) is 0 Å². The first-order chi connectivity index (χ1) is 12.2. The first kappa shape index (κ1) is 20.3. The standard InChI is InChI=1S/C16H23FN4O4S/c1-12(2)18-16(23)19-15(22)11-20-7-9-21(10-8-20)26(24,25)14-6-4-3-5-13(14)17/h3-6,12H,7-11H2,1-2H3,(H2,18,19,22,23)/p+1. The molecule has 0 radical (unpaired) electrons. The molecule has 1 aromatic carbocycles. The van der Waals surface area contributed by atoms with Crippen molar-refractivity contribution in [1.29, 1.82) is 0 Å². The van der Waals surface area contributed by atoms with Gasteiger partial charge < -0.3 is 10.2 Å². The molecule has 8 nitrogen and oxygen atoms in total. The maximum Gasteiger partial charge on any atom is 0.321 e. The molecule has 0 bridgehead atoms. The Morgan fingerprint density at radius 3 is 2.42 bits per heavy atom. The number of quaternary nitrogens is 1. The summed E-state index contributed by atoms with van der Waals surface area (Å²) in [6.45, 7) is 4.78. The Kier molecular flexibility index (Phi) is 6.68. The lowest BCUT2D eigenvalue weighted by Gasteiger charge is -2.31. The van der Waals surface area contributed by atoms with Crippen LogP contribution in [0.25, 0.3) is 0 Å². The molecule has 3 N–H and O–H groups in total. The third kappa shape index (κ3) is 5.23. The van der Waals surface area contributed by atoms with Gasteiger partial charge in [-0.2, -0.15) is 4.31 Å². The molecular weight excluding hydrogens is 363 g/mol. The zero-order valence-corrected chi connectivity index (χ0v) is 15.6. The molecule has 1 aliphatic heterocycles. The van der Waals surface area contributed by atoms with Gasteiger partial charge in [0.2, 0.25) is 10.0 Å². The minimum Gasteiger partial charge on any atom is -0.336 e. The lowest BCUT2D eigenvalue weighted by Crippen LogP contribution is -3.15. The van der Waals surface area contributed by atoms with E-state index in [2.05, 4.69) is 10.6 Å². The number of hydrogen-bond donors (Lipinski definition) is 3. The second-order valence-electron chi connectivity index (χ2n) is 6.44. The zero-order valence-electron chi connectivity index (χ0n) is 14.8. The van der Waals surface area contributed by atoms with Crippen LogP contribution < -0.4 is 15.5 Å². The number of rotatable bonds is 5. The molecule has 0 aromatic heterocycles. The number of nitrogens with one attached hydrogen (secondary N) is 3. The van der Waals surface area contributed by atoms with Crippen molar-refractivity contribution in [2.45, 2.75) is 24.8 Å². The zero-order chi connectivity index (χ0) is 19.3. The van der Waals surface area contributed by atoms with Crippen molar-refractivity contribution in [1.82, 2.24) is 14.9 Å². The van der Waals surface area contributed by atoms with Crippen molar-refractivity contribution in [3.8, 4) is 0 Å². The van der Waals surface area contributed by atoms with Gasteiger partial charge >= 0.3 is 6.03 Å². The summed E-state index contributed by atoms with van der Waals surface area (Å²) in [6.07, 6.45) is 0. The smallest absolute Gasteiger partial charge is 0.321 e. The highest BCUT2D eigenvalue weighted by molar-refractivity contribution is 7.89. The monoisotopic (exact) mass is 387 g/mol. The summed E-state index contributed by atoms with van der Waals surface area (Å²) in [4.78, 5) is 23.9. The molecule has 0 unspecified atom stereocenters. The van der Waals surface area contributed by atoms with Gasteiger partial charge in [0.05, 0.1) is 26.2 Å². The van der Waals surface area contributed by atoms with Crippen LogP contribution in [-0.2, 0) is 14.8 Å². The van der Waals surface area contributed by atoms with E-state index in [1.165, 1.54) is 22.5 Å². The Morgan fingerprint density at radius 1 is 1.23 bits per heavy atom. The molecule has 1 saturated heterocycles. The summed E-state index contributed by atoms with van der Waals surface area (Å²) in [5, 5.41) is 4.80. The summed E-state index contributed by atoms with van der Waals surface area (Å²) in [6, 6.07) is 4.63. The van der Waals surface area contributed by atoms with Crippen molar-refractivity contribution >= 4 is 22.0 Å². The van der Waals surface area contributed by atoms with Crippen LogP contribution in [0.5, 0.6) is 0 Å². The van der Waals surface area contributed by atoms with Gasteiger partial charge in [-0.3, -0.25) is 10.1 Å². The fourth-order valence-corrected chi connectivity index (χ4v) is 4.22. The summed E-state index contributed by atoms with van der Waals surface area (Å²) in [5.74, 6) is -1.21. The molecule has 0 saturated carbocycles. The number of carbonyl (C=O) groups excluding carboxylic acids is 2. The third-order valence-electron chi connectivity index (χ3n) is 3.97. The van der Waals surface area contributed by atoms with Crippen LogP contribution in [0.1, 0.15) is 13.8 Å². The Labute approximate surface area is 152 Å². The number of piperazine rings is 1. The normalized spacial score (nSPS) is 16.5. The summed E-state index contributed by atoms with van der Waals surface area (Å²) < 4.78 is 40.1. The van der Waals surface area contributed by atoms with Crippen molar-refractivity contribution in [2.75, 3.05) is 32.7 Å². The van der Waals surface area contributed by atoms with Gasteiger partial charge in [-0.1, -0.05) is 12.1 Å².